The molecule has 0 aliphatic carbocycles. The van der Waals surface area contributed by atoms with Gasteiger partial charge in [0.25, 0.3) is 0 Å². The minimum absolute atomic E-state index is 0.129. The van der Waals surface area contributed by atoms with Gasteiger partial charge in [-0.1, -0.05) is 5.16 Å². The molecule has 3 rings (SSSR count). The SMILES string of the molecule is CN=C(NCC1CN(C)CCO1)N1CCN(S(=O)(=O)Cc2ccon2)CC1. The maximum atomic E-state index is 12.5. The van der Waals surface area contributed by atoms with Gasteiger partial charge in [0.2, 0.25) is 10.0 Å². The highest BCUT2D eigenvalue weighted by atomic mass is 32.2. The summed E-state index contributed by atoms with van der Waals surface area (Å²) in [4.78, 5) is 8.66. The van der Waals surface area contributed by atoms with E-state index in [1.807, 2.05) is 0 Å². The van der Waals surface area contributed by atoms with Crippen molar-refractivity contribution in [2.75, 3.05) is 66.5 Å². The van der Waals surface area contributed by atoms with Crippen LogP contribution in [0.1, 0.15) is 5.69 Å². The van der Waals surface area contributed by atoms with Gasteiger partial charge in [-0.3, -0.25) is 4.99 Å². The number of nitrogens with zero attached hydrogens (tertiary/aromatic N) is 5. The number of morpholine rings is 1. The van der Waals surface area contributed by atoms with Gasteiger partial charge >= 0.3 is 0 Å². The average Bonchev–Trinajstić information content (AvgIpc) is 3.15. The van der Waals surface area contributed by atoms with Crippen molar-refractivity contribution in [2.24, 2.45) is 4.99 Å². The molecule has 2 aliphatic heterocycles. The Hall–Kier alpha value is -1.69. The van der Waals surface area contributed by atoms with Crippen molar-refractivity contribution in [2.45, 2.75) is 11.9 Å². The van der Waals surface area contributed by atoms with E-state index in [0.717, 1.165) is 25.7 Å². The lowest BCUT2D eigenvalue weighted by Gasteiger charge is -2.36. The molecule has 1 N–H and O–H groups in total. The summed E-state index contributed by atoms with van der Waals surface area (Å²) >= 11 is 0. The lowest BCUT2D eigenvalue weighted by atomic mass is 10.3. The van der Waals surface area contributed by atoms with Gasteiger partial charge < -0.3 is 24.4 Å². The van der Waals surface area contributed by atoms with Gasteiger partial charge in [-0.05, 0) is 7.05 Å². The molecule has 0 radical (unpaired) electrons. The first-order valence-electron chi connectivity index (χ1n) is 9.11. The topological polar surface area (TPSA) is 104 Å². The molecule has 11 heteroatoms. The fourth-order valence-electron chi connectivity index (χ4n) is 3.30. The number of hydrogen-bond acceptors (Lipinski definition) is 7. The van der Waals surface area contributed by atoms with Crippen molar-refractivity contribution in [1.82, 2.24) is 24.6 Å². The number of aliphatic imine (C=N–C) groups is 1. The van der Waals surface area contributed by atoms with Crippen molar-refractivity contribution in [3.63, 3.8) is 0 Å². The molecule has 0 amide bonds. The van der Waals surface area contributed by atoms with Gasteiger partial charge in [0, 0.05) is 58.9 Å². The molecule has 1 atom stereocenters. The Labute approximate surface area is 160 Å². The zero-order valence-electron chi connectivity index (χ0n) is 15.9. The second-order valence-corrected chi connectivity index (χ2v) is 8.79. The molecule has 1 aromatic rings. The van der Waals surface area contributed by atoms with Crippen LogP contribution in [-0.4, -0.2) is 106 Å². The predicted octanol–water partition coefficient (Wildman–Crippen LogP) is -0.972. The predicted molar refractivity (Wildman–Crippen MR) is 101 cm³/mol. The van der Waals surface area contributed by atoms with Crippen LogP contribution in [0.3, 0.4) is 0 Å². The molecule has 0 spiro atoms. The Balaban J connectivity index is 1.48. The van der Waals surface area contributed by atoms with Crippen LogP contribution in [0.25, 0.3) is 0 Å². The van der Waals surface area contributed by atoms with Gasteiger partial charge in [0.05, 0.1) is 18.4 Å². The third kappa shape index (κ3) is 5.41. The third-order valence-electron chi connectivity index (χ3n) is 4.79. The standard InChI is InChI=1S/C16H28N6O4S/c1-17-16(18-11-15-12-20(2)8-10-25-15)21-4-6-22(7-5-21)27(23,24)13-14-3-9-26-19-14/h3,9,15H,4-8,10-13H2,1-2H3,(H,17,18). The second kappa shape index (κ2) is 9.00. The molecule has 0 aromatic carbocycles. The molecular formula is C16H28N6O4S. The number of ether oxygens (including phenoxy) is 1. The smallest absolute Gasteiger partial charge is 0.220 e. The van der Waals surface area contributed by atoms with E-state index in [2.05, 4.69) is 32.3 Å². The minimum atomic E-state index is -3.40. The maximum absolute atomic E-state index is 12.5. The van der Waals surface area contributed by atoms with Crippen molar-refractivity contribution in [1.29, 1.82) is 0 Å². The molecule has 3 heterocycles. The first kappa shape index (κ1) is 20.1. The van der Waals surface area contributed by atoms with E-state index in [0.29, 0.717) is 38.4 Å². The summed E-state index contributed by atoms with van der Waals surface area (Å²) < 4.78 is 37.0. The van der Waals surface area contributed by atoms with E-state index in [1.54, 1.807) is 13.1 Å². The van der Waals surface area contributed by atoms with E-state index >= 15 is 0 Å². The zero-order valence-corrected chi connectivity index (χ0v) is 16.7. The number of hydrogen-bond donors (Lipinski definition) is 1. The van der Waals surface area contributed by atoms with E-state index in [1.165, 1.54) is 10.6 Å². The zero-order chi connectivity index (χ0) is 19.3. The van der Waals surface area contributed by atoms with Crippen molar-refractivity contribution in [3.05, 3.63) is 18.0 Å². The Kier molecular flexibility index (Phi) is 6.68. The van der Waals surface area contributed by atoms with Crippen LogP contribution in [0.2, 0.25) is 0 Å². The third-order valence-corrected chi connectivity index (χ3v) is 6.61. The minimum Gasteiger partial charge on any atom is -0.374 e. The number of nitrogens with one attached hydrogen (secondary N) is 1. The Bertz CT molecular complexity index is 715. The highest BCUT2D eigenvalue weighted by molar-refractivity contribution is 7.88. The summed E-state index contributed by atoms with van der Waals surface area (Å²) in [5.74, 6) is 0.642. The quantitative estimate of drug-likeness (QED) is 0.497. The number of piperazine rings is 1. The van der Waals surface area contributed by atoms with Gasteiger partial charge in [-0.2, -0.15) is 4.31 Å². The van der Waals surface area contributed by atoms with E-state index in [4.69, 9.17) is 9.26 Å². The van der Waals surface area contributed by atoms with Crippen LogP contribution >= 0.6 is 0 Å². The lowest BCUT2D eigenvalue weighted by Crippen LogP contribution is -2.55. The first-order valence-corrected chi connectivity index (χ1v) is 10.7. The summed E-state index contributed by atoms with van der Waals surface area (Å²) in [7, 11) is 0.427. The fourth-order valence-corrected chi connectivity index (χ4v) is 4.72. The summed E-state index contributed by atoms with van der Waals surface area (Å²) in [5, 5.41) is 7.04. The normalized spacial score (nSPS) is 23.6. The summed E-state index contributed by atoms with van der Waals surface area (Å²) in [6, 6.07) is 1.57. The van der Waals surface area contributed by atoms with Crippen LogP contribution in [-0.2, 0) is 20.5 Å². The van der Waals surface area contributed by atoms with Crippen LogP contribution in [0.4, 0.5) is 0 Å². The monoisotopic (exact) mass is 400 g/mol. The summed E-state index contributed by atoms with van der Waals surface area (Å²) in [5.41, 5.74) is 0.423. The molecule has 2 fully saturated rings. The largest absolute Gasteiger partial charge is 0.374 e. The van der Waals surface area contributed by atoms with Gasteiger partial charge in [-0.15, -0.1) is 0 Å². The Morgan fingerprint density at radius 2 is 2.11 bits per heavy atom. The summed E-state index contributed by atoms with van der Waals surface area (Å²) in [6.07, 6.45) is 1.51. The van der Waals surface area contributed by atoms with Crippen molar-refractivity contribution >= 4 is 16.0 Å². The molecule has 152 valence electrons. The molecule has 10 nitrogen and oxygen atoms in total. The maximum Gasteiger partial charge on any atom is 0.220 e. The van der Waals surface area contributed by atoms with Crippen LogP contribution < -0.4 is 5.32 Å². The highest BCUT2D eigenvalue weighted by Crippen LogP contribution is 2.13. The molecule has 0 bridgehead atoms. The van der Waals surface area contributed by atoms with E-state index < -0.39 is 10.0 Å². The Morgan fingerprint density at radius 1 is 1.33 bits per heavy atom. The molecule has 0 saturated carbocycles. The highest BCUT2D eigenvalue weighted by Gasteiger charge is 2.29. The van der Waals surface area contributed by atoms with Gasteiger partial charge in [-0.25, -0.2) is 8.42 Å². The van der Waals surface area contributed by atoms with Crippen molar-refractivity contribution < 1.29 is 17.7 Å². The molecule has 1 aromatic heterocycles. The summed E-state index contributed by atoms with van der Waals surface area (Å²) in [6.45, 7) is 5.28. The lowest BCUT2D eigenvalue weighted by molar-refractivity contribution is -0.0163. The molecule has 2 aliphatic rings. The number of rotatable bonds is 5. The van der Waals surface area contributed by atoms with Gasteiger partial charge in [0.15, 0.2) is 5.96 Å². The second-order valence-electron chi connectivity index (χ2n) is 6.82. The van der Waals surface area contributed by atoms with Gasteiger partial charge in [0.1, 0.15) is 12.0 Å². The van der Waals surface area contributed by atoms with Crippen LogP contribution in [0.15, 0.2) is 21.8 Å². The molecule has 2 saturated heterocycles. The number of sulfonamides is 1. The fraction of sp³-hybridized carbons (Fsp3) is 0.750. The Morgan fingerprint density at radius 3 is 2.74 bits per heavy atom. The molecule has 1 unspecified atom stereocenters. The van der Waals surface area contributed by atoms with Crippen molar-refractivity contribution in [3.8, 4) is 0 Å². The average molecular weight is 401 g/mol. The van der Waals surface area contributed by atoms with Crippen LogP contribution in [0.5, 0.6) is 0 Å². The molecule has 27 heavy (non-hydrogen) atoms. The van der Waals surface area contributed by atoms with E-state index in [-0.39, 0.29) is 11.9 Å². The number of likely N-dealkylation sites (N-methyl/N-ethyl adjacent to an activating group) is 1. The first-order chi connectivity index (χ1) is 13.0. The molecular weight excluding hydrogens is 372 g/mol. The number of guanidine groups is 1. The number of aromatic nitrogens is 1. The van der Waals surface area contributed by atoms with E-state index in [9.17, 15) is 8.42 Å². The van der Waals surface area contributed by atoms with Crippen LogP contribution in [0, 0.1) is 0 Å².